The van der Waals surface area contributed by atoms with Crippen molar-refractivity contribution in [3.8, 4) is 0 Å². The van der Waals surface area contributed by atoms with Gasteiger partial charge in [0.25, 0.3) is 5.72 Å². The van der Waals surface area contributed by atoms with E-state index in [2.05, 4.69) is 19.8 Å². The van der Waals surface area contributed by atoms with Crippen molar-refractivity contribution >= 4 is 17.8 Å². The molecule has 132 valence electrons. The van der Waals surface area contributed by atoms with E-state index in [4.69, 9.17) is 0 Å². The molecule has 11 heteroatoms. The van der Waals surface area contributed by atoms with Crippen LogP contribution in [0.15, 0.2) is 18.1 Å². The number of aliphatic hydroxyl groups is 1. The van der Waals surface area contributed by atoms with Crippen molar-refractivity contribution in [3.63, 3.8) is 0 Å². The van der Waals surface area contributed by atoms with Crippen LogP contribution in [0.1, 0.15) is 24.3 Å². The molecule has 1 aliphatic rings. The molecule has 0 bridgehead atoms. The van der Waals surface area contributed by atoms with Gasteiger partial charge in [-0.15, -0.1) is 0 Å². The van der Waals surface area contributed by atoms with E-state index >= 15 is 0 Å². The van der Waals surface area contributed by atoms with Crippen molar-refractivity contribution in [2.75, 3.05) is 18.5 Å². The molecule has 1 aliphatic heterocycles. The minimum Gasteiger partial charge on any atom is -0.462 e. The molecule has 0 radical (unpaired) electrons. The number of rotatable bonds is 4. The number of carbonyl (C=O) groups excluding carboxylic acids is 2. The number of halogens is 3. The van der Waals surface area contributed by atoms with Crippen LogP contribution < -0.4 is 5.32 Å². The minimum atomic E-state index is -5.28. The van der Waals surface area contributed by atoms with E-state index in [0.717, 1.165) is 0 Å². The van der Waals surface area contributed by atoms with E-state index in [1.54, 1.807) is 0 Å². The second kappa shape index (κ2) is 6.15. The summed E-state index contributed by atoms with van der Waals surface area (Å²) in [6.07, 6.45) is -4.06. The number of fused-ring (bicyclic) bond motifs is 1. The van der Waals surface area contributed by atoms with Gasteiger partial charge in [-0.25, -0.2) is 14.6 Å². The number of carbonyl (C=O) groups is 2. The highest BCUT2D eigenvalue weighted by atomic mass is 19.4. The molecule has 0 aliphatic carbocycles. The van der Waals surface area contributed by atoms with Crippen molar-refractivity contribution in [1.29, 1.82) is 0 Å². The topological polar surface area (TPSA) is 103 Å². The SMILES string of the molecule is CCOC(=O)C1=CNc2c(C(=O)OCC)ncn2C1(O)C(F)(F)F. The zero-order chi connectivity index (χ0) is 18.1. The lowest BCUT2D eigenvalue weighted by Gasteiger charge is -2.36. The van der Waals surface area contributed by atoms with Crippen LogP contribution >= 0.6 is 0 Å². The number of esters is 2. The fourth-order valence-electron chi connectivity index (χ4n) is 2.15. The molecule has 8 nitrogen and oxygen atoms in total. The summed E-state index contributed by atoms with van der Waals surface area (Å²) in [5.74, 6) is -2.79. The molecule has 2 N–H and O–H groups in total. The Kier molecular flexibility index (Phi) is 4.56. The molecule has 0 saturated heterocycles. The summed E-state index contributed by atoms with van der Waals surface area (Å²) in [7, 11) is 0. The first-order chi connectivity index (χ1) is 11.2. The molecule has 1 unspecified atom stereocenters. The maximum Gasteiger partial charge on any atom is 0.442 e. The zero-order valence-electron chi connectivity index (χ0n) is 12.7. The average Bonchev–Trinajstić information content (AvgIpc) is 2.92. The molecule has 0 spiro atoms. The lowest BCUT2D eigenvalue weighted by atomic mass is 10.0. The quantitative estimate of drug-likeness (QED) is 0.786. The first-order valence-corrected chi connectivity index (χ1v) is 6.86. The first kappa shape index (κ1) is 17.8. The molecule has 24 heavy (non-hydrogen) atoms. The van der Waals surface area contributed by atoms with Gasteiger partial charge in [0.15, 0.2) is 5.69 Å². The van der Waals surface area contributed by atoms with Gasteiger partial charge in [0.05, 0.1) is 13.2 Å². The van der Waals surface area contributed by atoms with Crippen LogP contribution in [0.3, 0.4) is 0 Å². The molecule has 0 saturated carbocycles. The first-order valence-electron chi connectivity index (χ1n) is 6.86. The van der Waals surface area contributed by atoms with Crippen LogP contribution in [-0.2, 0) is 20.0 Å². The molecule has 1 aromatic rings. The maximum absolute atomic E-state index is 13.5. The maximum atomic E-state index is 13.5. The molecule has 0 aromatic carbocycles. The number of nitrogens with one attached hydrogen (secondary N) is 1. The molecule has 2 heterocycles. The number of nitrogens with zero attached hydrogens (tertiary/aromatic N) is 2. The van der Waals surface area contributed by atoms with Crippen LogP contribution in [0.4, 0.5) is 19.0 Å². The summed E-state index contributed by atoms with van der Waals surface area (Å²) in [5.41, 5.74) is -5.28. The molecular formula is C13H14F3N3O5. The van der Waals surface area contributed by atoms with Gasteiger partial charge in [-0.2, -0.15) is 13.2 Å². The normalized spacial score (nSPS) is 19.8. The summed E-state index contributed by atoms with van der Waals surface area (Å²) >= 11 is 0. The standard InChI is InChI=1S/C13H14F3N3O5/c1-3-23-10(20)7-5-17-9-8(11(21)24-4-2)18-6-19(9)12(7,22)13(14,15)16/h5-6,17,22H,3-4H2,1-2H3. The van der Waals surface area contributed by atoms with Crippen molar-refractivity contribution < 1.29 is 37.3 Å². The number of alkyl halides is 3. The average molecular weight is 349 g/mol. The summed E-state index contributed by atoms with van der Waals surface area (Å²) in [6.45, 7) is 2.72. The van der Waals surface area contributed by atoms with Gasteiger partial charge in [0, 0.05) is 6.20 Å². The van der Waals surface area contributed by atoms with Crippen molar-refractivity contribution in [2.45, 2.75) is 25.7 Å². The second-order valence-corrected chi connectivity index (χ2v) is 4.63. The van der Waals surface area contributed by atoms with Gasteiger partial charge >= 0.3 is 18.1 Å². The Morgan fingerprint density at radius 3 is 2.42 bits per heavy atom. The lowest BCUT2D eigenvalue weighted by molar-refractivity contribution is -0.281. The van der Waals surface area contributed by atoms with E-state index in [0.29, 0.717) is 12.5 Å². The Hall–Kier alpha value is -2.56. The molecule has 1 aromatic heterocycles. The summed E-state index contributed by atoms with van der Waals surface area (Å²) in [6, 6.07) is 0. The smallest absolute Gasteiger partial charge is 0.442 e. The fraction of sp³-hybridized carbons (Fsp3) is 0.462. The Labute approximate surface area is 133 Å². The van der Waals surface area contributed by atoms with Crippen LogP contribution in [-0.4, -0.2) is 46.0 Å². The highest BCUT2D eigenvalue weighted by Crippen LogP contribution is 2.45. The van der Waals surface area contributed by atoms with Crippen LogP contribution in [0, 0.1) is 0 Å². The Morgan fingerprint density at radius 2 is 1.88 bits per heavy atom. The van der Waals surface area contributed by atoms with Gasteiger partial charge in [0.2, 0.25) is 0 Å². The molecule has 1 atom stereocenters. The third-order valence-corrected chi connectivity index (χ3v) is 3.20. The number of aromatic nitrogens is 2. The van der Waals surface area contributed by atoms with Crippen molar-refractivity contribution in [2.24, 2.45) is 0 Å². The Morgan fingerprint density at radius 1 is 1.29 bits per heavy atom. The zero-order valence-corrected chi connectivity index (χ0v) is 12.7. The van der Waals surface area contributed by atoms with E-state index in [-0.39, 0.29) is 17.8 Å². The van der Waals surface area contributed by atoms with Gasteiger partial charge in [0.1, 0.15) is 17.7 Å². The third kappa shape index (κ3) is 2.60. The predicted molar refractivity (Wildman–Crippen MR) is 72.8 cm³/mol. The lowest BCUT2D eigenvalue weighted by Crippen LogP contribution is -2.53. The molecule has 2 rings (SSSR count). The number of imidazole rings is 1. The molecule has 0 fully saturated rings. The van der Waals surface area contributed by atoms with Crippen LogP contribution in [0.25, 0.3) is 0 Å². The third-order valence-electron chi connectivity index (χ3n) is 3.20. The Balaban J connectivity index is 2.58. The molecule has 0 amide bonds. The second-order valence-electron chi connectivity index (χ2n) is 4.63. The highest BCUT2D eigenvalue weighted by Gasteiger charge is 2.62. The number of ether oxygens (including phenoxy) is 2. The Bertz CT molecular complexity index is 698. The predicted octanol–water partition coefficient (Wildman–Crippen LogP) is 1.14. The molecular weight excluding hydrogens is 335 g/mol. The summed E-state index contributed by atoms with van der Waals surface area (Å²) in [4.78, 5) is 27.1. The van der Waals surface area contributed by atoms with E-state index < -0.39 is 40.9 Å². The number of hydrogen-bond donors (Lipinski definition) is 2. The van der Waals surface area contributed by atoms with E-state index in [1.165, 1.54) is 13.8 Å². The van der Waals surface area contributed by atoms with Crippen LogP contribution in [0.5, 0.6) is 0 Å². The summed E-state index contributed by atoms with van der Waals surface area (Å²) in [5, 5.41) is 12.6. The monoisotopic (exact) mass is 349 g/mol. The van der Waals surface area contributed by atoms with Gasteiger partial charge in [-0.3, -0.25) is 4.57 Å². The van der Waals surface area contributed by atoms with Crippen LogP contribution in [0.2, 0.25) is 0 Å². The van der Waals surface area contributed by atoms with Crippen molar-refractivity contribution in [3.05, 3.63) is 23.8 Å². The fourth-order valence-corrected chi connectivity index (χ4v) is 2.15. The largest absolute Gasteiger partial charge is 0.462 e. The highest BCUT2D eigenvalue weighted by molar-refractivity contribution is 5.95. The van der Waals surface area contributed by atoms with E-state index in [9.17, 15) is 27.9 Å². The van der Waals surface area contributed by atoms with Gasteiger partial charge in [-0.1, -0.05) is 0 Å². The van der Waals surface area contributed by atoms with Gasteiger partial charge < -0.3 is 19.9 Å². The number of anilines is 1. The van der Waals surface area contributed by atoms with Gasteiger partial charge in [-0.05, 0) is 13.8 Å². The summed E-state index contributed by atoms with van der Waals surface area (Å²) < 4.78 is 50.0. The van der Waals surface area contributed by atoms with E-state index in [1.807, 2.05) is 0 Å². The number of hydrogen-bond acceptors (Lipinski definition) is 7. The van der Waals surface area contributed by atoms with Crippen molar-refractivity contribution in [1.82, 2.24) is 9.55 Å². The minimum absolute atomic E-state index is 0.0153.